The van der Waals surface area contributed by atoms with Crippen molar-refractivity contribution in [2.75, 3.05) is 0 Å². The van der Waals surface area contributed by atoms with Gasteiger partial charge in [-0.2, -0.15) is 0 Å². The van der Waals surface area contributed by atoms with Crippen molar-refractivity contribution < 1.29 is 14.3 Å². The molecule has 0 aromatic rings. The molecule has 0 heterocycles. The lowest BCUT2D eigenvalue weighted by Crippen LogP contribution is -2.46. The minimum Gasteiger partial charge on any atom is -0.407 e. The number of rotatable bonds is 5. The molecule has 17 heavy (non-hydrogen) atoms. The maximum atomic E-state index is 12.0. The predicted molar refractivity (Wildman–Crippen MR) is 73.6 cm³/mol. The zero-order valence-corrected chi connectivity index (χ0v) is 13.5. The van der Waals surface area contributed by atoms with Gasteiger partial charge in [-0.15, -0.1) is 0 Å². The first-order chi connectivity index (χ1) is 7.40. The number of hydrogen-bond acceptors (Lipinski definition) is 3. The third-order valence-electron chi connectivity index (χ3n) is 3.85. The molecule has 0 aliphatic heterocycles. The molecule has 0 aliphatic rings. The first-order valence-corrected chi connectivity index (χ1v) is 9.20. The highest BCUT2D eigenvalue weighted by atomic mass is 28.4. The van der Waals surface area contributed by atoms with Gasteiger partial charge in [0.05, 0.1) is 6.10 Å². The van der Waals surface area contributed by atoms with E-state index in [1.165, 1.54) is 0 Å². The van der Waals surface area contributed by atoms with E-state index in [1.54, 1.807) is 20.8 Å². The van der Waals surface area contributed by atoms with E-state index in [9.17, 15) is 9.90 Å². The monoisotopic (exact) mass is 260 g/mol. The van der Waals surface area contributed by atoms with Crippen LogP contribution >= 0.6 is 0 Å². The molecule has 0 aliphatic carbocycles. The Kier molecular flexibility index (Phi) is 5.57. The normalized spacial score (nSPS) is 18.6. The molecule has 0 spiro atoms. The molecular weight excluding hydrogens is 232 g/mol. The maximum Gasteiger partial charge on any atom is 0.193 e. The van der Waals surface area contributed by atoms with Crippen molar-refractivity contribution in [2.24, 2.45) is 5.92 Å². The molecule has 0 aromatic heterocycles. The van der Waals surface area contributed by atoms with Gasteiger partial charge in [0.25, 0.3) is 0 Å². The number of hydrogen-bond donors (Lipinski definition) is 1. The maximum absolute atomic E-state index is 12.0. The summed E-state index contributed by atoms with van der Waals surface area (Å²) in [6, 6.07) is 0. The van der Waals surface area contributed by atoms with E-state index in [0.717, 1.165) is 0 Å². The molecule has 1 N–H and O–H groups in total. The van der Waals surface area contributed by atoms with Gasteiger partial charge in [0.1, 0.15) is 6.10 Å². The number of aliphatic hydroxyl groups excluding tert-OH is 1. The van der Waals surface area contributed by atoms with Crippen LogP contribution in [-0.4, -0.2) is 31.4 Å². The Labute approximate surface area is 107 Å². The number of ketones is 1. The molecule has 102 valence electrons. The Morgan fingerprint density at radius 2 is 1.59 bits per heavy atom. The van der Waals surface area contributed by atoms with Crippen LogP contribution in [0.1, 0.15) is 41.5 Å². The standard InChI is InChI=1S/C13H28O3Si/c1-9(10(2)14)12(15)11(3)16-17(7,8)13(4,5)6/h9-11,14H,1-8H3/t9-,10+,11+/m1/s1. The van der Waals surface area contributed by atoms with E-state index >= 15 is 0 Å². The highest BCUT2D eigenvalue weighted by Crippen LogP contribution is 2.37. The summed E-state index contributed by atoms with van der Waals surface area (Å²) in [5.74, 6) is -0.375. The second-order valence-electron chi connectivity index (χ2n) is 6.45. The van der Waals surface area contributed by atoms with E-state index in [0.29, 0.717) is 0 Å². The zero-order chi connectivity index (χ0) is 14.0. The van der Waals surface area contributed by atoms with Crippen LogP contribution in [0.15, 0.2) is 0 Å². The Hall–Kier alpha value is -0.193. The van der Waals surface area contributed by atoms with Crippen molar-refractivity contribution in [1.29, 1.82) is 0 Å². The van der Waals surface area contributed by atoms with Crippen LogP contribution in [0, 0.1) is 5.92 Å². The van der Waals surface area contributed by atoms with Crippen molar-refractivity contribution >= 4 is 14.1 Å². The van der Waals surface area contributed by atoms with E-state index in [-0.39, 0.29) is 16.7 Å². The molecule has 0 fully saturated rings. The summed E-state index contributed by atoms with van der Waals surface area (Å²) in [6.07, 6.45) is -1.05. The van der Waals surface area contributed by atoms with Crippen LogP contribution in [0.3, 0.4) is 0 Å². The number of carbonyl (C=O) groups excluding carboxylic acids is 1. The van der Waals surface area contributed by atoms with Crippen molar-refractivity contribution in [2.45, 2.75) is 71.9 Å². The number of carbonyl (C=O) groups is 1. The fourth-order valence-corrected chi connectivity index (χ4v) is 2.64. The third kappa shape index (κ3) is 4.52. The summed E-state index contributed by atoms with van der Waals surface area (Å²) >= 11 is 0. The quantitative estimate of drug-likeness (QED) is 0.773. The van der Waals surface area contributed by atoms with E-state index in [4.69, 9.17) is 4.43 Å². The van der Waals surface area contributed by atoms with E-state index in [1.807, 2.05) is 0 Å². The van der Waals surface area contributed by atoms with Gasteiger partial charge < -0.3 is 9.53 Å². The smallest absolute Gasteiger partial charge is 0.193 e. The van der Waals surface area contributed by atoms with Crippen LogP contribution in [-0.2, 0) is 9.22 Å². The van der Waals surface area contributed by atoms with E-state index in [2.05, 4.69) is 33.9 Å². The average molecular weight is 260 g/mol. The average Bonchev–Trinajstić information content (AvgIpc) is 2.12. The van der Waals surface area contributed by atoms with Gasteiger partial charge in [0, 0.05) is 5.92 Å². The van der Waals surface area contributed by atoms with Gasteiger partial charge in [-0.3, -0.25) is 4.79 Å². The zero-order valence-electron chi connectivity index (χ0n) is 12.5. The molecule has 0 unspecified atom stereocenters. The molecular formula is C13H28O3Si. The van der Waals surface area contributed by atoms with Crippen molar-refractivity contribution in [1.82, 2.24) is 0 Å². The second kappa shape index (κ2) is 5.63. The first kappa shape index (κ1) is 16.8. The van der Waals surface area contributed by atoms with Crippen LogP contribution in [0.4, 0.5) is 0 Å². The molecule has 0 aromatic carbocycles. The molecule has 0 bridgehead atoms. The Morgan fingerprint density at radius 1 is 1.18 bits per heavy atom. The topological polar surface area (TPSA) is 46.5 Å². The van der Waals surface area contributed by atoms with Gasteiger partial charge in [-0.05, 0) is 32.0 Å². The minimum atomic E-state index is -1.91. The summed E-state index contributed by atoms with van der Waals surface area (Å²) < 4.78 is 6.01. The van der Waals surface area contributed by atoms with Gasteiger partial charge in [0.2, 0.25) is 0 Å². The molecule has 0 radical (unpaired) electrons. The van der Waals surface area contributed by atoms with E-state index < -0.39 is 20.5 Å². The SMILES string of the molecule is C[C@H](O[Si](C)(C)C(C)(C)C)C(=O)[C@H](C)[C@H](C)O. The Morgan fingerprint density at radius 3 is 1.88 bits per heavy atom. The molecule has 0 saturated carbocycles. The summed E-state index contributed by atoms with van der Waals surface area (Å²) in [7, 11) is -1.91. The Balaban J connectivity index is 4.66. The highest BCUT2D eigenvalue weighted by molar-refractivity contribution is 6.74. The molecule has 0 amide bonds. The van der Waals surface area contributed by atoms with Gasteiger partial charge >= 0.3 is 0 Å². The van der Waals surface area contributed by atoms with Crippen molar-refractivity contribution in [3.63, 3.8) is 0 Å². The number of Topliss-reactive ketones (excluding diaryl/α,β-unsaturated/α-hetero) is 1. The summed E-state index contributed by atoms with van der Waals surface area (Å²) in [5.41, 5.74) is 0. The largest absolute Gasteiger partial charge is 0.407 e. The molecule has 3 atom stereocenters. The van der Waals surface area contributed by atoms with Crippen LogP contribution < -0.4 is 0 Å². The lowest BCUT2D eigenvalue weighted by Gasteiger charge is -2.38. The summed E-state index contributed by atoms with van der Waals surface area (Å²) in [4.78, 5) is 12.0. The fraction of sp³-hybridized carbons (Fsp3) is 0.923. The van der Waals surface area contributed by atoms with Crippen LogP contribution in [0.2, 0.25) is 18.1 Å². The summed E-state index contributed by atoms with van der Waals surface area (Å²) in [6.45, 7) is 15.9. The van der Waals surface area contributed by atoms with Crippen LogP contribution in [0.5, 0.6) is 0 Å². The Bertz CT molecular complexity index is 266. The van der Waals surface area contributed by atoms with Gasteiger partial charge in [-0.25, -0.2) is 0 Å². The van der Waals surface area contributed by atoms with Crippen LogP contribution in [0.25, 0.3) is 0 Å². The molecule has 3 nitrogen and oxygen atoms in total. The predicted octanol–water partition coefficient (Wildman–Crippen LogP) is 2.98. The lowest BCUT2D eigenvalue weighted by atomic mass is 9.98. The number of aliphatic hydroxyl groups is 1. The first-order valence-electron chi connectivity index (χ1n) is 6.29. The molecule has 0 saturated heterocycles. The lowest BCUT2D eigenvalue weighted by molar-refractivity contribution is -0.132. The van der Waals surface area contributed by atoms with Gasteiger partial charge in [0.15, 0.2) is 14.1 Å². The van der Waals surface area contributed by atoms with Crippen molar-refractivity contribution in [3.8, 4) is 0 Å². The van der Waals surface area contributed by atoms with Crippen molar-refractivity contribution in [3.05, 3.63) is 0 Å². The molecule has 4 heteroatoms. The fourth-order valence-electron chi connectivity index (χ4n) is 1.28. The van der Waals surface area contributed by atoms with Gasteiger partial charge in [-0.1, -0.05) is 27.7 Å². The molecule has 0 rings (SSSR count). The summed E-state index contributed by atoms with van der Waals surface area (Å²) in [5, 5.41) is 9.53. The third-order valence-corrected chi connectivity index (χ3v) is 8.41. The minimum absolute atomic E-state index is 0.00942. The second-order valence-corrected chi connectivity index (χ2v) is 11.2. The highest BCUT2D eigenvalue weighted by Gasteiger charge is 2.40.